The van der Waals surface area contributed by atoms with Crippen molar-refractivity contribution in [3.8, 4) is 5.75 Å². The van der Waals surface area contributed by atoms with Gasteiger partial charge in [-0.2, -0.15) is 0 Å². The van der Waals surface area contributed by atoms with E-state index in [1.807, 2.05) is 30.3 Å². The van der Waals surface area contributed by atoms with Crippen LogP contribution in [0.2, 0.25) is 5.02 Å². The first-order chi connectivity index (χ1) is 10.0. The van der Waals surface area contributed by atoms with E-state index in [1.165, 1.54) is 0 Å². The van der Waals surface area contributed by atoms with Crippen molar-refractivity contribution in [2.45, 2.75) is 19.4 Å². The lowest BCUT2D eigenvalue weighted by Gasteiger charge is -2.14. The van der Waals surface area contributed by atoms with Crippen LogP contribution in [0.5, 0.6) is 5.75 Å². The van der Waals surface area contributed by atoms with Crippen LogP contribution in [0.1, 0.15) is 30.6 Å². The van der Waals surface area contributed by atoms with Crippen molar-refractivity contribution in [1.82, 2.24) is 0 Å². The van der Waals surface area contributed by atoms with Crippen LogP contribution in [0.4, 0.5) is 0 Å². The number of hydrogen-bond donors (Lipinski definition) is 1. The molecule has 0 heterocycles. The van der Waals surface area contributed by atoms with Gasteiger partial charge >= 0.3 is 0 Å². The Morgan fingerprint density at radius 1 is 1.10 bits per heavy atom. The van der Waals surface area contributed by atoms with Crippen molar-refractivity contribution in [3.05, 3.63) is 61.5 Å². The Morgan fingerprint density at radius 2 is 1.71 bits per heavy atom. The van der Waals surface area contributed by atoms with E-state index in [1.54, 1.807) is 6.07 Å². The minimum absolute atomic E-state index is 0.621. The van der Waals surface area contributed by atoms with E-state index in [0.29, 0.717) is 11.6 Å². The number of hydrogen-bond acceptors (Lipinski definition) is 2. The number of ether oxygens (including phenoxy) is 1. The van der Waals surface area contributed by atoms with Crippen LogP contribution < -0.4 is 4.74 Å². The van der Waals surface area contributed by atoms with Gasteiger partial charge in [-0.3, -0.25) is 0 Å². The number of halogens is 3. The molecule has 0 fully saturated rings. The first-order valence-electron chi connectivity index (χ1n) is 6.58. The fourth-order valence-electron chi connectivity index (χ4n) is 1.89. The van der Waals surface area contributed by atoms with Crippen molar-refractivity contribution >= 4 is 43.5 Å². The van der Waals surface area contributed by atoms with Gasteiger partial charge in [-0.15, -0.1) is 0 Å². The third-order valence-electron chi connectivity index (χ3n) is 2.99. The van der Waals surface area contributed by atoms with Crippen molar-refractivity contribution in [2.75, 3.05) is 6.61 Å². The molecule has 21 heavy (non-hydrogen) atoms. The van der Waals surface area contributed by atoms with Crippen LogP contribution in [-0.4, -0.2) is 11.7 Å². The van der Waals surface area contributed by atoms with Crippen molar-refractivity contribution in [3.63, 3.8) is 0 Å². The second-order valence-electron chi connectivity index (χ2n) is 4.61. The molecule has 0 saturated heterocycles. The topological polar surface area (TPSA) is 29.5 Å². The molecule has 2 nitrogen and oxygen atoms in total. The van der Waals surface area contributed by atoms with Gasteiger partial charge in [0.25, 0.3) is 0 Å². The zero-order valence-electron chi connectivity index (χ0n) is 11.4. The lowest BCUT2D eigenvalue weighted by Crippen LogP contribution is -2.01. The quantitative estimate of drug-likeness (QED) is 0.651. The minimum Gasteiger partial charge on any atom is -0.492 e. The number of rotatable bonds is 5. The molecule has 0 spiro atoms. The molecule has 0 amide bonds. The Labute approximate surface area is 146 Å². The van der Waals surface area contributed by atoms with Crippen molar-refractivity contribution in [2.24, 2.45) is 0 Å². The number of aliphatic hydroxyl groups excluding tert-OH is 1. The van der Waals surface area contributed by atoms with Crippen LogP contribution in [0.15, 0.2) is 45.3 Å². The summed E-state index contributed by atoms with van der Waals surface area (Å²) in [6.07, 6.45) is 0.241. The smallest absolute Gasteiger partial charge is 0.133 e. The number of aliphatic hydroxyl groups is 1. The van der Waals surface area contributed by atoms with Gasteiger partial charge in [0, 0.05) is 4.47 Å². The Balaban J connectivity index is 2.24. The maximum absolute atomic E-state index is 10.5. The summed E-state index contributed by atoms with van der Waals surface area (Å²) in [4.78, 5) is 0. The monoisotopic (exact) mass is 432 g/mol. The highest BCUT2D eigenvalue weighted by molar-refractivity contribution is 9.10. The van der Waals surface area contributed by atoms with Gasteiger partial charge in [0.15, 0.2) is 0 Å². The predicted molar refractivity (Wildman–Crippen MR) is 93.1 cm³/mol. The molecule has 0 aliphatic heterocycles. The molecule has 0 aliphatic carbocycles. The molecule has 0 radical (unpaired) electrons. The normalized spacial score (nSPS) is 12.2. The third kappa shape index (κ3) is 4.22. The lowest BCUT2D eigenvalue weighted by molar-refractivity contribution is 0.220. The second kappa shape index (κ2) is 7.63. The van der Waals surface area contributed by atoms with Gasteiger partial charge in [0.2, 0.25) is 0 Å². The molecule has 0 aliphatic rings. The Morgan fingerprint density at radius 3 is 2.29 bits per heavy atom. The molecule has 0 saturated carbocycles. The van der Waals surface area contributed by atoms with Crippen molar-refractivity contribution in [1.29, 1.82) is 0 Å². The van der Waals surface area contributed by atoms with E-state index in [0.717, 1.165) is 32.2 Å². The summed E-state index contributed by atoms with van der Waals surface area (Å²) in [7, 11) is 0. The van der Waals surface area contributed by atoms with E-state index in [4.69, 9.17) is 16.3 Å². The van der Waals surface area contributed by atoms with E-state index < -0.39 is 6.10 Å². The zero-order chi connectivity index (χ0) is 15.4. The van der Waals surface area contributed by atoms with Crippen LogP contribution in [0.3, 0.4) is 0 Å². The van der Waals surface area contributed by atoms with Gasteiger partial charge < -0.3 is 9.84 Å². The predicted octanol–water partition coefficient (Wildman–Crippen LogP) is 5.74. The summed E-state index contributed by atoms with van der Waals surface area (Å²) in [6.45, 7) is 2.73. The van der Waals surface area contributed by atoms with Crippen LogP contribution in [0, 0.1) is 0 Å². The van der Waals surface area contributed by atoms with Crippen molar-refractivity contribution < 1.29 is 9.84 Å². The van der Waals surface area contributed by atoms with Crippen LogP contribution in [0.25, 0.3) is 0 Å². The highest BCUT2D eigenvalue weighted by atomic mass is 79.9. The minimum atomic E-state index is -0.713. The summed E-state index contributed by atoms with van der Waals surface area (Å²) < 4.78 is 7.21. The van der Waals surface area contributed by atoms with Crippen LogP contribution >= 0.6 is 43.5 Å². The highest BCUT2D eigenvalue weighted by Gasteiger charge is 2.14. The summed E-state index contributed by atoms with van der Waals surface area (Å²) in [6, 6.07) is 11.0. The third-order valence-corrected chi connectivity index (χ3v) is 4.83. The molecular formula is C16H15Br2ClO2. The summed E-state index contributed by atoms with van der Waals surface area (Å²) in [5.74, 6) is 0.782. The zero-order valence-corrected chi connectivity index (χ0v) is 15.4. The molecule has 1 N–H and O–H groups in total. The fourth-order valence-corrected chi connectivity index (χ4v) is 2.92. The SMILES string of the molecule is CCCOc1ccc(C(O)c2ccc(Cl)c(Br)c2)cc1Br. The molecule has 1 unspecified atom stereocenters. The molecule has 2 rings (SSSR count). The van der Waals surface area contributed by atoms with E-state index in [-0.39, 0.29) is 0 Å². The summed E-state index contributed by atoms with van der Waals surface area (Å²) in [5.41, 5.74) is 1.57. The molecule has 0 aromatic heterocycles. The molecular weight excluding hydrogens is 419 g/mol. The number of benzene rings is 2. The maximum Gasteiger partial charge on any atom is 0.133 e. The Kier molecular flexibility index (Phi) is 6.11. The van der Waals surface area contributed by atoms with E-state index in [2.05, 4.69) is 38.8 Å². The van der Waals surface area contributed by atoms with Crippen LogP contribution in [-0.2, 0) is 0 Å². The largest absolute Gasteiger partial charge is 0.492 e. The molecule has 2 aromatic rings. The molecule has 1 atom stereocenters. The van der Waals surface area contributed by atoms with Gasteiger partial charge in [-0.05, 0) is 73.7 Å². The summed E-state index contributed by atoms with van der Waals surface area (Å²) >= 11 is 12.8. The van der Waals surface area contributed by atoms with Gasteiger partial charge in [-0.25, -0.2) is 0 Å². The van der Waals surface area contributed by atoms with Gasteiger partial charge in [-0.1, -0.05) is 30.7 Å². The fraction of sp³-hybridized carbons (Fsp3) is 0.250. The average molecular weight is 435 g/mol. The van der Waals surface area contributed by atoms with E-state index >= 15 is 0 Å². The lowest BCUT2D eigenvalue weighted by atomic mass is 10.0. The average Bonchev–Trinajstić information content (AvgIpc) is 2.48. The Hall–Kier alpha value is -0.550. The molecule has 2 aromatic carbocycles. The standard InChI is InChI=1S/C16H15Br2ClO2/c1-2-7-21-15-6-4-11(9-13(15)18)16(20)10-3-5-14(19)12(17)8-10/h3-6,8-9,16,20H,2,7H2,1H3. The first kappa shape index (κ1) is 16.8. The highest BCUT2D eigenvalue weighted by Crippen LogP contribution is 2.33. The summed E-state index contributed by atoms with van der Waals surface area (Å²) in [5, 5.41) is 11.1. The molecule has 0 bridgehead atoms. The van der Waals surface area contributed by atoms with E-state index in [9.17, 15) is 5.11 Å². The maximum atomic E-state index is 10.5. The second-order valence-corrected chi connectivity index (χ2v) is 6.73. The Bertz CT molecular complexity index is 632. The molecule has 5 heteroatoms. The molecule has 112 valence electrons. The first-order valence-corrected chi connectivity index (χ1v) is 8.54. The van der Waals surface area contributed by atoms with Gasteiger partial charge in [0.05, 0.1) is 16.1 Å². The van der Waals surface area contributed by atoms with Gasteiger partial charge in [0.1, 0.15) is 11.9 Å².